The van der Waals surface area contributed by atoms with Crippen molar-refractivity contribution in [3.8, 4) is 5.75 Å². The summed E-state index contributed by atoms with van der Waals surface area (Å²) < 4.78 is 5.13. The van der Waals surface area contributed by atoms with Crippen LogP contribution < -0.4 is 9.64 Å². The Kier molecular flexibility index (Phi) is 5.25. The van der Waals surface area contributed by atoms with Gasteiger partial charge >= 0.3 is 0 Å². The highest BCUT2D eigenvalue weighted by molar-refractivity contribution is 5.99. The van der Waals surface area contributed by atoms with Gasteiger partial charge in [0.2, 0.25) is 11.9 Å². The number of rotatable bonds is 6. The van der Waals surface area contributed by atoms with Crippen LogP contribution in [0.5, 0.6) is 5.75 Å². The third kappa shape index (κ3) is 3.26. The van der Waals surface area contributed by atoms with Crippen LogP contribution in [0.25, 0.3) is 0 Å². The van der Waals surface area contributed by atoms with Crippen LogP contribution in [0.4, 0.5) is 11.4 Å². The summed E-state index contributed by atoms with van der Waals surface area (Å²) in [5.41, 5.74) is 0.873. The maximum Gasteiger partial charge on any atom is 0.269 e. The number of amides is 1. The van der Waals surface area contributed by atoms with E-state index < -0.39 is 27.8 Å². The molecule has 146 valence electrons. The summed E-state index contributed by atoms with van der Waals surface area (Å²) in [5.74, 6) is -0.518. The van der Waals surface area contributed by atoms with Crippen molar-refractivity contribution in [1.29, 1.82) is 0 Å². The zero-order valence-electron chi connectivity index (χ0n) is 15.3. The van der Waals surface area contributed by atoms with E-state index in [1.54, 1.807) is 31.2 Å². The minimum atomic E-state index is -1.15. The van der Waals surface area contributed by atoms with Crippen molar-refractivity contribution in [3.05, 3.63) is 74.3 Å². The number of methoxy groups -OCH3 is 1. The molecule has 1 aliphatic heterocycles. The van der Waals surface area contributed by atoms with E-state index in [0.29, 0.717) is 23.4 Å². The van der Waals surface area contributed by atoms with E-state index in [2.05, 4.69) is 0 Å². The molecule has 1 fully saturated rings. The van der Waals surface area contributed by atoms with E-state index in [9.17, 15) is 25.0 Å². The summed E-state index contributed by atoms with van der Waals surface area (Å²) in [4.78, 5) is 36.3. The lowest BCUT2D eigenvalue weighted by molar-refractivity contribution is -0.530. The number of non-ortho nitro benzene ring substituents is 1. The van der Waals surface area contributed by atoms with Gasteiger partial charge in [0.05, 0.1) is 12.0 Å². The van der Waals surface area contributed by atoms with E-state index in [1.165, 1.54) is 36.3 Å². The van der Waals surface area contributed by atoms with Crippen LogP contribution in [0, 0.1) is 26.1 Å². The molecule has 0 unspecified atom stereocenters. The first-order valence-electron chi connectivity index (χ1n) is 8.74. The van der Waals surface area contributed by atoms with Crippen LogP contribution in [0.15, 0.2) is 48.5 Å². The van der Waals surface area contributed by atoms with Gasteiger partial charge in [0, 0.05) is 22.7 Å². The number of hydrogen-bond acceptors (Lipinski definition) is 6. The summed E-state index contributed by atoms with van der Waals surface area (Å²) in [5, 5.41) is 22.8. The Hall–Kier alpha value is -3.49. The molecule has 9 nitrogen and oxygen atoms in total. The minimum Gasteiger partial charge on any atom is -0.497 e. The number of nitro benzene ring substituents is 1. The summed E-state index contributed by atoms with van der Waals surface area (Å²) in [7, 11) is 1.52. The fourth-order valence-corrected chi connectivity index (χ4v) is 3.68. The number of nitro groups is 2. The van der Waals surface area contributed by atoms with Crippen molar-refractivity contribution in [2.75, 3.05) is 12.0 Å². The average Bonchev–Trinajstić information content (AvgIpc) is 3.00. The van der Waals surface area contributed by atoms with Gasteiger partial charge in [-0.05, 0) is 48.4 Å². The van der Waals surface area contributed by atoms with Crippen molar-refractivity contribution in [3.63, 3.8) is 0 Å². The average molecular weight is 385 g/mol. The van der Waals surface area contributed by atoms with E-state index in [4.69, 9.17) is 4.74 Å². The highest BCUT2D eigenvalue weighted by Crippen LogP contribution is 2.43. The van der Waals surface area contributed by atoms with Gasteiger partial charge in [0.1, 0.15) is 17.7 Å². The van der Waals surface area contributed by atoms with Gasteiger partial charge in [-0.2, -0.15) is 0 Å². The lowest BCUT2D eigenvalue weighted by Gasteiger charge is -2.25. The molecule has 0 bridgehead atoms. The fraction of sp³-hybridized carbons (Fsp3) is 0.316. The van der Waals surface area contributed by atoms with Crippen LogP contribution in [0.3, 0.4) is 0 Å². The lowest BCUT2D eigenvalue weighted by atomic mass is 9.92. The van der Waals surface area contributed by atoms with Gasteiger partial charge in [-0.1, -0.05) is 6.92 Å². The second-order valence-electron chi connectivity index (χ2n) is 6.49. The Morgan fingerprint density at radius 3 is 2.11 bits per heavy atom. The monoisotopic (exact) mass is 385 g/mol. The van der Waals surface area contributed by atoms with Gasteiger partial charge in [0.25, 0.3) is 5.69 Å². The van der Waals surface area contributed by atoms with Gasteiger partial charge in [-0.3, -0.25) is 29.9 Å². The van der Waals surface area contributed by atoms with E-state index in [1.807, 2.05) is 0 Å². The number of carbonyl (C=O) groups is 1. The number of carbonyl (C=O) groups excluding carboxylic acids is 1. The molecule has 3 rings (SSSR count). The van der Waals surface area contributed by atoms with Gasteiger partial charge < -0.3 is 4.74 Å². The molecule has 1 aliphatic rings. The Bertz CT molecular complexity index is 897. The molecule has 3 atom stereocenters. The second kappa shape index (κ2) is 7.63. The second-order valence-corrected chi connectivity index (χ2v) is 6.49. The van der Waals surface area contributed by atoms with Crippen molar-refractivity contribution < 1.29 is 19.4 Å². The van der Waals surface area contributed by atoms with Gasteiger partial charge in [-0.15, -0.1) is 0 Å². The van der Waals surface area contributed by atoms with Gasteiger partial charge in [0.15, 0.2) is 0 Å². The maximum absolute atomic E-state index is 13.0. The van der Waals surface area contributed by atoms with Crippen molar-refractivity contribution in [2.45, 2.75) is 25.4 Å². The van der Waals surface area contributed by atoms with Crippen molar-refractivity contribution >= 4 is 17.3 Å². The largest absolute Gasteiger partial charge is 0.497 e. The topological polar surface area (TPSA) is 116 Å². The molecule has 0 aromatic heterocycles. The molecule has 28 heavy (non-hydrogen) atoms. The van der Waals surface area contributed by atoms with Crippen LogP contribution in [-0.4, -0.2) is 28.9 Å². The molecule has 9 heteroatoms. The normalized spacial score (nSPS) is 21.6. The van der Waals surface area contributed by atoms with E-state index in [0.717, 1.165) is 0 Å². The van der Waals surface area contributed by atoms with Crippen LogP contribution in [0.1, 0.15) is 24.9 Å². The van der Waals surface area contributed by atoms with Crippen molar-refractivity contribution in [2.24, 2.45) is 5.92 Å². The van der Waals surface area contributed by atoms with Crippen LogP contribution >= 0.6 is 0 Å². The molecule has 0 radical (unpaired) electrons. The Morgan fingerprint density at radius 2 is 1.64 bits per heavy atom. The van der Waals surface area contributed by atoms with E-state index in [-0.39, 0.29) is 11.6 Å². The number of anilines is 1. The summed E-state index contributed by atoms with van der Waals surface area (Å²) in [6, 6.07) is 10.2. The van der Waals surface area contributed by atoms with E-state index >= 15 is 0 Å². The smallest absolute Gasteiger partial charge is 0.269 e. The summed E-state index contributed by atoms with van der Waals surface area (Å²) >= 11 is 0. The third-order valence-electron chi connectivity index (χ3n) is 5.05. The lowest BCUT2D eigenvalue weighted by Crippen LogP contribution is -2.33. The molecule has 0 saturated carbocycles. The first kappa shape index (κ1) is 19.3. The summed E-state index contributed by atoms with van der Waals surface area (Å²) in [6.07, 6.45) is 0.320. The first-order valence-corrected chi connectivity index (χ1v) is 8.74. The summed E-state index contributed by atoms with van der Waals surface area (Å²) in [6.45, 7) is 1.74. The highest BCUT2D eigenvalue weighted by Gasteiger charge is 2.55. The zero-order valence-corrected chi connectivity index (χ0v) is 15.3. The maximum atomic E-state index is 13.0. The predicted molar refractivity (Wildman–Crippen MR) is 101 cm³/mol. The molecule has 0 N–H and O–H groups in total. The highest BCUT2D eigenvalue weighted by atomic mass is 16.6. The SMILES string of the molecule is CC[C@@H]1C(=O)N(c2ccc(OC)cc2)[C@H](c2ccc([N+](=O)[O-])cc2)[C@H]1[N+](=O)[O-]. The quantitative estimate of drug-likeness (QED) is 0.556. The Morgan fingerprint density at radius 1 is 1.04 bits per heavy atom. The molecular formula is C19H19N3O6. The molecule has 1 saturated heterocycles. The Balaban J connectivity index is 2.11. The van der Waals surface area contributed by atoms with Gasteiger partial charge in [-0.25, -0.2) is 0 Å². The first-order chi connectivity index (χ1) is 13.4. The van der Waals surface area contributed by atoms with Crippen LogP contribution in [0.2, 0.25) is 0 Å². The predicted octanol–water partition coefficient (Wildman–Crippen LogP) is 3.36. The minimum absolute atomic E-state index is 0.117. The molecule has 0 aliphatic carbocycles. The standard InChI is InChI=1S/C19H19N3O6/c1-3-16-18(22(26)27)17(12-4-6-14(7-5-12)21(24)25)20(19(16)23)13-8-10-15(28-2)11-9-13/h4-11,16-18H,3H2,1-2H3/t16-,17+,18-/m0/s1. The molecule has 1 amide bonds. The van der Waals surface area contributed by atoms with Crippen LogP contribution in [-0.2, 0) is 4.79 Å². The molecule has 2 aromatic carbocycles. The van der Waals surface area contributed by atoms with Crippen molar-refractivity contribution in [1.82, 2.24) is 0 Å². The molecular weight excluding hydrogens is 366 g/mol. The molecule has 2 aromatic rings. The number of hydrogen-bond donors (Lipinski definition) is 0. The molecule has 1 heterocycles. The number of benzene rings is 2. The number of ether oxygens (including phenoxy) is 1. The number of nitrogens with zero attached hydrogens (tertiary/aromatic N) is 3. The zero-order chi connectivity index (χ0) is 20.4. The fourth-order valence-electron chi connectivity index (χ4n) is 3.68. The molecule has 0 spiro atoms. The third-order valence-corrected chi connectivity index (χ3v) is 5.05. The Labute approximate surface area is 160 Å².